The van der Waals surface area contributed by atoms with E-state index in [0.29, 0.717) is 11.5 Å². The number of nitrogens with two attached hydrogens (primary N) is 1. The topological polar surface area (TPSA) is 77.2 Å². The van der Waals surface area contributed by atoms with Crippen LogP contribution in [0.15, 0.2) is 48.7 Å². The van der Waals surface area contributed by atoms with Crippen molar-refractivity contribution in [2.24, 2.45) is 0 Å². The molecule has 0 unspecified atom stereocenters. The van der Waals surface area contributed by atoms with Gasteiger partial charge in [-0.3, -0.25) is 4.79 Å². The molecular formula is C15H15N3O2. The first-order valence-corrected chi connectivity index (χ1v) is 6.02. The molecule has 102 valence electrons. The summed E-state index contributed by atoms with van der Waals surface area (Å²) in [4.78, 5) is 15.6. The van der Waals surface area contributed by atoms with Crippen molar-refractivity contribution in [3.8, 4) is 5.75 Å². The molecule has 2 rings (SSSR count). The van der Waals surface area contributed by atoms with Crippen LogP contribution >= 0.6 is 0 Å². The van der Waals surface area contributed by atoms with Crippen LogP contribution in [-0.2, 0) is 4.79 Å². The summed E-state index contributed by atoms with van der Waals surface area (Å²) in [6.07, 6.45) is 4.69. The van der Waals surface area contributed by atoms with Crippen LogP contribution in [0, 0.1) is 0 Å². The first-order valence-electron chi connectivity index (χ1n) is 6.02. The van der Waals surface area contributed by atoms with Gasteiger partial charge in [0.15, 0.2) is 0 Å². The van der Waals surface area contributed by atoms with E-state index in [4.69, 9.17) is 10.5 Å². The molecule has 5 nitrogen and oxygen atoms in total. The Bertz CT molecular complexity index is 604. The highest BCUT2D eigenvalue weighted by Crippen LogP contribution is 2.12. The van der Waals surface area contributed by atoms with Gasteiger partial charge in [0.25, 0.3) is 0 Å². The third-order valence-electron chi connectivity index (χ3n) is 2.60. The second-order valence-corrected chi connectivity index (χ2v) is 4.07. The van der Waals surface area contributed by atoms with Gasteiger partial charge in [0.2, 0.25) is 5.91 Å². The molecule has 2 aromatic rings. The molecular weight excluding hydrogens is 254 g/mol. The van der Waals surface area contributed by atoms with Gasteiger partial charge in [0.05, 0.1) is 19.0 Å². The molecule has 1 aromatic carbocycles. The average molecular weight is 269 g/mol. The van der Waals surface area contributed by atoms with Crippen LogP contribution in [0.1, 0.15) is 5.56 Å². The van der Waals surface area contributed by atoms with Gasteiger partial charge in [-0.2, -0.15) is 0 Å². The number of hydrogen-bond donors (Lipinski definition) is 2. The Morgan fingerprint density at radius 3 is 2.60 bits per heavy atom. The Morgan fingerprint density at radius 2 is 2.00 bits per heavy atom. The highest BCUT2D eigenvalue weighted by atomic mass is 16.5. The molecule has 0 fully saturated rings. The normalized spacial score (nSPS) is 10.4. The summed E-state index contributed by atoms with van der Waals surface area (Å²) in [6.45, 7) is 0. The molecule has 1 heterocycles. The van der Waals surface area contributed by atoms with Gasteiger partial charge < -0.3 is 15.8 Å². The maximum absolute atomic E-state index is 11.7. The summed E-state index contributed by atoms with van der Waals surface area (Å²) in [7, 11) is 1.61. The molecule has 0 atom stereocenters. The fourth-order valence-corrected chi connectivity index (χ4v) is 1.55. The second-order valence-electron chi connectivity index (χ2n) is 4.07. The number of nitrogen functional groups attached to an aromatic ring is 1. The van der Waals surface area contributed by atoms with E-state index in [9.17, 15) is 4.79 Å². The maximum atomic E-state index is 11.7. The minimum absolute atomic E-state index is 0.229. The number of hydrogen-bond acceptors (Lipinski definition) is 4. The first-order chi connectivity index (χ1) is 9.67. The number of benzene rings is 1. The lowest BCUT2D eigenvalue weighted by atomic mass is 10.2. The van der Waals surface area contributed by atoms with Gasteiger partial charge in [-0.15, -0.1) is 0 Å². The highest BCUT2D eigenvalue weighted by molar-refractivity contribution is 6.01. The molecule has 0 aliphatic heterocycles. The number of nitrogens with zero attached hydrogens (tertiary/aromatic N) is 1. The maximum Gasteiger partial charge on any atom is 0.248 e. The van der Waals surface area contributed by atoms with Gasteiger partial charge in [0, 0.05) is 6.08 Å². The Balaban J connectivity index is 1.96. The number of nitrogens with one attached hydrogen (secondary N) is 1. The number of anilines is 2. The van der Waals surface area contributed by atoms with Crippen molar-refractivity contribution in [3.63, 3.8) is 0 Å². The summed E-state index contributed by atoms with van der Waals surface area (Å²) in [5, 5.41) is 2.69. The van der Waals surface area contributed by atoms with Crippen LogP contribution in [0.3, 0.4) is 0 Å². The Hall–Kier alpha value is -2.82. The molecule has 1 aromatic heterocycles. The molecule has 0 aliphatic carbocycles. The van der Waals surface area contributed by atoms with E-state index in [-0.39, 0.29) is 5.91 Å². The summed E-state index contributed by atoms with van der Waals surface area (Å²) >= 11 is 0. The third-order valence-corrected chi connectivity index (χ3v) is 2.60. The number of pyridine rings is 1. The SMILES string of the molecule is COc1ccc(C=CC(=O)Nc2ccc(N)nc2)cc1. The predicted molar refractivity (Wildman–Crippen MR) is 79.3 cm³/mol. The van der Waals surface area contributed by atoms with Gasteiger partial charge in [-0.1, -0.05) is 12.1 Å². The number of amides is 1. The molecule has 0 saturated heterocycles. The lowest BCUT2D eigenvalue weighted by Gasteiger charge is -2.02. The van der Waals surface area contributed by atoms with E-state index < -0.39 is 0 Å². The minimum Gasteiger partial charge on any atom is -0.497 e. The average Bonchev–Trinajstić information content (AvgIpc) is 2.48. The Labute approximate surface area is 117 Å². The molecule has 0 saturated carbocycles. The molecule has 5 heteroatoms. The van der Waals surface area contributed by atoms with Crippen LogP contribution in [0.5, 0.6) is 5.75 Å². The van der Waals surface area contributed by atoms with E-state index in [0.717, 1.165) is 11.3 Å². The molecule has 3 N–H and O–H groups in total. The van der Waals surface area contributed by atoms with E-state index in [2.05, 4.69) is 10.3 Å². The highest BCUT2D eigenvalue weighted by Gasteiger charge is 1.98. The van der Waals surface area contributed by atoms with Crippen LogP contribution in [0.25, 0.3) is 6.08 Å². The molecule has 0 aliphatic rings. The van der Waals surface area contributed by atoms with Crippen LogP contribution in [0.4, 0.5) is 11.5 Å². The number of rotatable bonds is 4. The van der Waals surface area contributed by atoms with Crippen molar-refractivity contribution < 1.29 is 9.53 Å². The van der Waals surface area contributed by atoms with Crippen molar-refractivity contribution in [2.75, 3.05) is 18.2 Å². The van der Waals surface area contributed by atoms with Gasteiger partial charge in [-0.05, 0) is 35.9 Å². The lowest BCUT2D eigenvalue weighted by Crippen LogP contribution is -2.08. The summed E-state index contributed by atoms with van der Waals surface area (Å²) in [5.41, 5.74) is 6.98. The first kappa shape index (κ1) is 13.6. The second kappa shape index (κ2) is 6.38. The smallest absolute Gasteiger partial charge is 0.248 e. The lowest BCUT2D eigenvalue weighted by molar-refractivity contribution is -0.111. The monoisotopic (exact) mass is 269 g/mol. The number of carbonyl (C=O) groups excluding carboxylic acids is 1. The molecule has 1 amide bonds. The predicted octanol–water partition coefficient (Wildman–Crippen LogP) is 2.32. The van der Waals surface area contributed by atoms with Crippen molar-refractivity contribution in [2.45, 2.75) is 0 Å². The third kappa shape index (κ3) is 3.84. The largest absolute Gasteiger partial charge is 0.497 e. The Kier molecular flexibility index (Phi) is 4.34. The van der Waals surface area contributed by atoms with E-state index in [1.165, 1.54) is 12.3 Å². The number of carbonyl (C=O) groups is 1. The molecule has 0 radical (unpaired) electrons. The zero-order valence-corrected chi connectivity index (χ0v) is 11.0. The zero-order valence-electron chi connectivity index (χ0n) is 11.0. The fourth-order valence-electron chi connectivity index (χ4n) is 1.55. The fraction of sp³-hybridized carbons (Fsp3) is 0.0667. The van der Waals surface area contributed by atoms with Crippen molar-refractivity contribution in [1.82, 2.24) is 4.98 Å². The van der Waals surface area contributed by atoms with Crippen LogP contribution < -0.4 is 15.8 Å². The van der Waals surface area contributed by atoms with Crippen LogP contribution in [0.2, 0.25) is 0 Å². The number of methoxy groups -OCH3 is 1. The Morgan fingerprint density at radius 1 is 1.25 bits per heavy atom. The van der Waals surface area contributed by atoms with Crippen LogP contribution in [-0.4, -0.2) is 18.0 Å². The van der Waals surface area contributed by atoms with E-state index in [1.807, 2.05) is 24.3 Å². The van der Waals surface area contributed by atoms with Crippen molar-refractivity contribution >= 4 is 23.5 Å². The van der Waals surface area contributed by atoms with Gasteiger partial charge in [-0.25, -0.2) is 4.98 Å². The molecule has 0 bridgehead atoms. The standard InChI is InChI=1S/C15H15N3O2/c1-20-13-6-2-11(3-7-13)4-9-15(19)18-12-5-8-14(16)17-10-12/h2-10H,1H3,(H2,16,17)(H,18,19). The molecule has 20 heavy (non-hydrogen) atoms. The number of ether oxygens (including phenoxy) is 1. The summed E-state index contributed by atoms with van der Waals surface area (Å²) < 4.78 is 5.06. The van der Waals surface area contributed by atoms with E-state index in [1.54, 1.807) is 25.3 Å². The van der Waals surface area contributed by atoms with Crippen molar-refractivity contribution in [3.05, 3.63) is 54.2 Å². The summed E-state index contributed by atoms with van der Waals surface area (Å²) in [6, 6.07) is 10.7. The van der Waals surface area contributed by atoms with Gasteiger partial charge in [0.1, 0.15) is 11.6 Å². The molecule has 0 spiro atoms. The summed E-state index contributed by atoms with van der Waals surface area (Å²) in [5.74, 6) is 0.962. The zero-order chi connectivity index (χ0) is 14.4. The number of aromatic nitrogens is 1. The quantitative estimate of drug-likeness (QED) is 0.835. The van der Waals surface area contributed by atoms with Crippen molar-refractivity contribution in [1.29, 1.82) is 0 Å². The van der Waals surface area contributed by atoms with Gasteiger partial charge >= 0.3 is 0 Å². The minimum atomic E-state index is -0.229. The van der Waals surface area contributed by atoms with E-state index >= 15 is 0 Å².